The molecule has 0 unspecified atom stereocenters. The molecule has 0 aliphatic heterocycles. The zero-order chi connectivity index (χ0) is 16.0. The van der Waals surface area contributed by atoms with Gasteiger partial charge in [0.25, 0.3) is 0 Å². The predicted octanol–water partition coefficient (Wildman–Crippen LogP) is 4.71. The highest BCUT2D eigenvalue weighted by molar-refractivity contribution is 9.08. The molecule has 1 aromatic rings. The van der Waals surface area contributed by atoms with E-state index in [9.17, 15) is 13.2 Å². The van der Waals surface area contributed by atoms with Gasteiger partial charge in [-0.05, 0) is 23.6 Å². The Balaban J connectivity index is 3.13. The number of ether oxygens (including phenoxy) is 1. The largest absolute Gasteiger partial charge is 0.416 e. The second-order valence-electron chi connectivity index (χ2n) is 5.31. The molecule has 120 valence electrons. The van der Waals surface area contributed by atoms with Gasteiger partial charge in [-0.1, -0.05) is 35.8 Å². The van der Waals surface area contributed by atoms with Gasteiger partial charge in [-0.2, -0.15) is 13.2 Å². The fraction of sp³-hybridized carbons (Fsp3) is 0.600. The van der Waals surface area contributed by atoms with Crippen LogP contribution in [0.3, 0.4) is 0 Å². The Hall–Kier alpha value is -0.750. The Bertz CT molecular complexity index is 449. The lowest BCUT2D eigenvalue weighted by molar-refractivity contribution is -0.138. The Morgan fingerprint density at radius 3 is 2.43 bits per heavy atom. The maximum atomic E-state index is 13.1. The zero-order valence-corrected chi connectivity index (χ0v) is 14.1. The molecule has 0 aliphatic carbocycles. The first kappa shape index (κ1) is 18.3. The molecule has 1 aromatic carbocycles. The molecule has 0 saturated carbocycles. The maximum Gasteiger partial charge on any atom is 0.416 e. The van der Waals surface area contributed by atoms with Crippen LogP contribution in [0.1, 0.15) is 25.0 Å². The van der Waals surface area contributed by atoms with E-state index in [0.29, 0.717) is 31.3 Å². The molecule has 0 aliphatic rings. The summed E-state index contributed by atoms with van der Waals surface area (Å²) in [5.41, 5.74) is 0.253. The Labute approximate surface area is 132 Å². The molecule has 6 heteroatoms. The van der Waals surface area contributed by atoms with Crippen LogP contribution in [-0.2, 0) is 16.2 Å². The highest BCUT2D eigenvalue weighted by Gasteiger charge is 2.33. The average molecular weight is 368 g/mol. The summed E-state index contributed by atoms with van der Waals surface area (Å²) in [6.45, 7) is 5.82. The van der Waals surface area contributed by atoms with Gasteiger partial charge in [0.2, 0.25) is 0 Å². The van der Waals surface area contributed by atoms with Gasteiger partial charge in [0.15, 0.2) is 0 Å². The lowest BCUT2D eigenvalue weighted by Gasteiger charge is -2.27. The summed E-state index contributed by atoms with van der Waals surface area (Å²) < 4.78 is 44.4. The first-order chi connectivity index (χ1) is 9.79. The van der Waals surface area contributed by atoms with Gasteiger partial charge in [-0.25, -0.2) is 0 Å². The van der Waals surface area contributed by atoms with Crippen LogP contribution in [0.4, 0.5) is 18.9 Å². The van der Waals surface area contributed by atoms with Gasteiger partial charge < -0.3 is 9.64 Å². The first-order valence-corrected chi connectivity index (χ1v) is 7.91. The molecule has 1 rings (SSSR count). The van der Waals surface area contributed by atoms with E-state index in [1.807, 2.05) is 18.7 Å². The van der Waals surface area contributed by atoms with Crippen LogP contribution in [-0.4, -0.2) is 26.8 Å². The van der Waals surface area contributed by atoms with Crippen LogP contribution >= 0.6 is 15.9 Å². The standard InChI is InChI=1S/C15H21BrF3NO/c1-11(2)10-20(6-7-21-3)13-5-4-12(9-16)14(8-13)15(17,18)19/h4-5,8,11H,6-7,9-10H2,1-3H3. The number of hydrogen-bond donors (Lipinski definition) is 0. The van der Waals surface area contributed by atoms with E-state index in [1.165, 1.54) is 12.1 Å². The molecule has 0 bridgehead atoms. The van der Waals surface area contributed by atoms with E-state index in [2.05, 4.69) is 15.9 Å². The fourth-order valence-corrected chi connectivity index (χ4v) is 2.60. The minimum atomic E-state index is -4.34. The normalized spacial score (nSPS) is 12.0. The Morgan fingerprint density at radius 1 is 1.29 bits per heavy atom. The zero-order valence-electron chi connectivity index (χ0n) is 12.5. The van der Waals surface area contributed by atoms with Crippen molar-refractivity contribution >= 4 is 21.6 Å². The van der Waals surface area contributed by atoms with Crippen LogP contribution < -0.4 is 4.90 Å². The van der Waals surface area contributed by atoms with E-state index in [-0.39, 0.29) is 10.9 Å². The Kier molecular flexibility index (Phi) is 7.00. The van der Waals surface area contributed by atoms with Crippen molar-refractivity contribution in [3.63, 3.8) is 0 Å². The van der Waals surface area contributed by atoms with Crippen LogP contribution in [0, 0.1) is 5.92 Å². The summed E-state index contributed by atoms with van der Waals surface area (Å²) >= 11 is 3.11. The predicted molar refractivity (Wildman–Crippen MR) is 83.0 cm³/mol. The summed E-state index contributed by atoms with van der Waals surface area (Å²) in [7, 11) is 1.59. The van der Waals surface area contributed by atoms with Crippen LogP contribution in [0.2, 0.25) is 0 Å². The highest BCUT2D eigenvalue weighted by Crippen LogP contribution is 2.35. The molecule has 0 amide bonds. The van der Waals surface area contributed by atoms with Crippen molar-refractivity contribution < 1.29 is 17.9 Å². The third-order valence-electron chi connectivity index (χ3n) is 3.06. The van der Waals surface area contributed by atoms with Crippen molar-refractivity contribution in [2.24, 2.45) is 5.92 Å². The fourth-order valence-electron chi connectivity index (χ4n) is 2.11. The number of nitrogens with zero attached hydrogens (tertiary/aromatic N) is 1. The Morgan fingerprint density at radius 2 is 1.95 bits per heavy atom. The quantitative estimate of drug-likeness (QED) is 0.647. The molecule has 0 spiro atoms. The van der Waals surface area contributed by atoms with Crippen molar-refractivity contribution in [2.75, 3.05) is 31.7 Å². The average Bonchev–Trinajstić information content (AvgIpc) is 2.41. The lowest BCUT2D eigenvalue weighted by atomic mass is 10.1. The molecule has 2 nitrogen and oxygen atoms in total. The van der Waals surface area contributed by atoms with E-state index < -0.39 is 11.7 Å². The van der Waals surface area contributed by atoms with Crippen molar-refractivity contribution in [1.29, 1.82) is 0 Å². The second kappa shape index (κ2) is 8.03. The summed E-state index contributed by atoms with van der Waals surface area (Å²) in [6.07, 6.45) is -4.34. The van der Waals surface area contributed by atoms with Gasteiger partial charge in [0, 0.05) is 31.2 Å². The summed E-state index contributed by atoms with van der Waals surface area (Å²) in [6, 6.07) is 4.51. The molecule has 0 heterocycles. The monoisotopic (exact) mass is 367 g/mol. The topological polar surface area (TPSA) is 12.5 Å². The minimum Gasteiger partial charge on any atom is -0.383 e. The molecule has 0 fully saturated rings. The van der Waals surface area contributed by atoms with E-state index in [0.717, 1.165) is 0 Å². The third-order valence-corrected chi connectivity index (χ3v) is 3.66. The van der Waals surface area contributed by atoms with Crippen molar-refractivity contribution in [3.8, 4) is 0 Å². The number of rotatable bonds is 7. The van der Waals surface area contributed by atoms with Crippen molar-refractivity contribution in [3.05, 3.63) is 29.3 Å². The molecule has 0 atom stereocenters. The number of halogens is 4. The maximum absolute atomic E-state index is 13.1. The van der Waals surface area contributed by atoms with Gasteiger partial charge >= 0.3 is 6.18 Å². The van der Waals surface area contributed by atoms with E-state index in [4.69, 9.17) is 4.74 Å². The number of hydrogen-bond acceptors (Lipinski definition) is 2. The second-order valence-corrected chi connectivity index (χ2v) is 5.87. The van der Waals surface area contributed by atoms with Gasteiger partial charge in [0.05, 0.1) is 12.2 Å². The van der Waals surface area contributed by atoms with Crippen LogP contribution in [0.25, 0.3) is 0 Å². The first-order valence-electron chi connectivity index (χ1n) is 6.79. The van der Waals surface area contributed by atoms with Crippen molar-refractivity contribution in [2.45, 2.75) is 25.4 Å². The number of alkyl halides is 4. The molecule has 0 N–H and O–H groups in total. The molecular formula is C15H21BrF3NO. The third kappa shape index (κ3) is 5.51. The van der Waals surface area contributed by atoms with Gasteiger partial charge in [0.1, 0.15) is 0 Å². The number of anilines is 1. The van der Waals surface area contributed by atoms with E-state index in [1.54, 1.807) is 13.2 Å². The number of methoxy groups -OCH3 is 1. The highest BCUT2D eigenvalue weighted by atomic mass is 79.9. The van der Waals surface area contributed by atoms with Crippen molar-refractivity contribution in [1.82, 2.24) is 0 Å². The molecule has 21 heavy (non-hydrogen) atoms. The lowest BCUT2D eigenvalue weighted by Crippen LogP contribution is -2.31. The summed E-state index contributed by atoms with van der Waals surface area (Å²) in [4.78, 5) is 1.93. The smallest absolute Gasteiger partial charge is 0.383 e. The van der Waals surface area contributed by atoms with Crippen LogP contribution in [0.15, 0.2) is 18.2 Å². The van der Waals surface area contributed by atoms with Gasteiger partial charge in [-0.3, -0.25) is 0 Å². The molecular weight excluding hydrogens is 347 g/mol. The molecule has 0 radical (unpaired) electrons. The minimum absolute atomic E-state index is 0.185. The van der Waals surface area contributed by atoms with Crippen LogP contribution in [0.5, 0.6) is 0 Å². The van der Waals surface area contributed by atoms with Gasteiger partial charge in [-0.15, -0.1) is 0 Å². The molecule has 0 aromatic heterocycles. The van der Waals surface area contributed by atoms with E-state index >= 15 is 0 Å². The number of benzene rings is 1. The SMILES string of the molecule is COCCN(CC(C)C)c1ccc(CBr)c(C(F)(F)F)c1. The molecule has 0 saturated heterocycles. The summed E-state index contributed by atoms with van der Waals surface area (Å²) in [5, 5.41) is 0.185. The summed E-state index contributed by atoms with van der Waals surface area (Å²) in [5.74, 6) is 0.354.